The topological polar surface area (TPSA) is 101 Å². The summed E-state index contributed by atoms with van der Waals surface area (Å²) >= 11 is 0. The van der Waals surface area contributed by atoms with Gasteiger partial charge in [0.2, 0.25) is 0 Å². The van der Waals surface area contributed by atoms with Gasteiger partial charge in [-0.2, -0.15) is 5.26 Å². The normalized spacial score (nSPS) is 12.7. The second-order valence-corrected chi connectivity index (χ2v) is 9.53. The third-order valence-electron chi connectivity index (χ3n) is 7.21. The van der Waals surface area contributed by atoms with Crippen LogP contribution in [0.25, 0.3) is 0 Å². The quantitative estimate of drug-likeness (QED) is 0.373. The molecular formula is C29H40N2O6. The van der Waals surface area contributed by atoms with E-state index in [-0.39, 0.29) is 11.5 Å². The van der Waals surface area contributed by atoms with Crippen molar-refractivity contribution >= 4 is 5.97 Å². The summed E-state index contributed by atoms with van der Waals surface area (Å²) in [5, 5.41) is 20.1. The molecule has 0 spiro atoms. The van der Waals surface area contributed by atoms with E-state index in [0.717, 1.165) is 29.7 Å². The molecule has 8 nitrogen and oxygen atoms in total. The maximum absolute atomic E-state index is 11.9. The Hall–Kier alpha value is -3.44. The standard InChI is InChI=1S/C29H40N2O6/c1-19(2)29(18-30,21-10-11-24(34-5)25(16-21)35-6)13-9-14-31(4)15-12-22-20(3)27(37-8)26(36-7)17-23(22)28(32)33/h10-11,16-17,19H,9,12-15H2,1-8H3,(H,32,33). The lowest BCUT2D eigenvalue weighted by Crippen LogP contribution is -2.32. The van der Waals surface area contributed by atoms with Crippen molar-refractivity contribution in [2.45, 2.75) is 45.4 Å². The molecule has 0 amide bonds. The number of hydrogen-bond acceptors (Lipinski definition) is 7. The first kappa shape index (κ1) is 29.8. The fourth-order valence-corrected chi connectivity index (χ4v) is 4.90. The van der Waals surface area contributed by atoms with E-state index in [1.54, 1.807) is 21.3 Å². The van der Waals surface area contributed by atoms with Crippen molar-refractivity contribution < 1.29 is 28.8 Å². The first-order valence-electron chi connectivity index (χ1n) is 12.4. The summed E-state index contributed by atoms with van der Waals surface area (Å²) in [6.45, 7) is 7.41. The van der Waals surface area contributed by atoms with Crippen molar-refractivity contribution in [3.8, 4) is 29.1 Å². The van der Waals surface area contributed by atoms with Crippen LogP contribution in [0, 0.1) is 24.2 Å². The Balaban J connectivity index is 2.16. The number of ether oxygens (including phenoxy) is 4. The molecule has 0 aliphatic heterocycles. The van der Waals surface area contributed by atoms with Gasteiger partial charge in [0, 0.05) is 6.54 Å². The fraction of sp³-hybridized carbons (Fsp3) is 0.517. The Labute approximate surface area is 220 Å². The Bertz CT molecular complexity index is 1120. The maximum Gasteiger partial charge on any atom is 0.336 e. The molecule has 1 unspecified atom stereocenters. The van der Waals surface area contributed by atoms with Gasteiger partial charge in [-0.15, -0.1) is 0 Å². The third-order valence-corrected chi connectivity index (χ3v) is 7.21. The molecule has 2 rings (SSSR count). The monoisotopic (exact) mass is 512 g/mol. The molecule has 0 radical (unpaired) electrons. The molecule has 202 valence electrons. The van der Waals surface area contributed by atoms with E-state index in [9.17, 15) is 15.2 Å². The molecule has 0 bridgehead atoms. The van der Waals surface area contributed by atoms with Crippen molar-refractivity contribution in [1.82, 2.24) is 4.90 Å². The Morgan fingerprint density at radius 3 is 2.19 bits per heavy atom. The summed E-state index contributed by atoms with van der Waals surface area (Å²) in [5.74, 6) is 1.30. The predicted molar refractivity (Wildman–Crippen MR) is 143 cm³/mol. The van der Waals surface area contributed by atoms with E-state index < -0.39 is 11.4 Å². The molecule has 1 N–H and O–H groups in total. The van der Waals surface area contributed by atoms with Crippen LogP contribution in [-0.2, 0) is 11.8 Å². The van der Waals surface area contributed by atoms with Crippen LogP contribution in [0.15, 0.2) is 24.3 Å². The lowest BCUT2D eigenvalue weighted by Gasteiger charge is -2.32. The number of nitrogens with zero attached hydrogens (tertiary/aromatic N) is 2. The van der Waals surface area contributed by atoms with Crippen molar-refractivity contribution in [1.29, 1.82) is 5.26 Å². The molecule has 0 heterocycles. The second-order valence-electron chi connectivity index (χ2n) is 9.53. The highest BCUT2D eigenvalue weighted by atomic mass is 16.5. The van der Waals surface area contributed by atoms with Crippen LogP contribution in [-0.4, -0.2) is 64.6 Å². The van der Waals surface area contributed by atoms with Gasteiger partial charge in [0.05, 0.1) is 45.5 Å². The number of likely N-dealkylation sites (N-methyl/N-ethyl adjacent to an activating group) is 1. The molecule has 0 aliphatic rings. The molecule has 0 aromatic heterocycles. The van der Waals surface area contributed by atoms with E-state index >= 15 is 0 Å². The number of methoxy groups -OCH3 is 4. The van der Waals surface area contributed by atoms with Crippen molar-refractivity contribution in [2.24, 2.45) is 5.92 Å². The average Bonchev–Trinajstić information content (AvgIpc) is 2.89. The first-order valence-corrected chi connectivity index (χ1v) is 12.4. The molecule has 1 atom stereocenters. The van der Waals surface area contributed by atoms with E-state index in [4.69, 9.17) is 18.9 Å². The van der Waals surface area contributed by atoms with Gasteiger partial charge < -0.3 is 29.0 Å². The molecule has 2 aromatic carbocycles. The van der Waals surface area contributed by atoms with Crippen LogP contribution >= 0.6 is 0 Å². The van der Waals surface area contributed by atoms with Gasteiger partial charge in [-0.3, -0.25) is 0 Å². The van der Waals surface area contributed by atoms with Crippen molar-refractivity contribution in [3.63, 3.8) is 0 Å². The number of carboxylic acid groups (broad SMARTS) is 1. The Morgan fingerprint density at radius 2 is 1.68 bits per heavy atom. The van der Waals surface area contributed by atoms with E-state index in [2.05, 4.69) is 24.8 Å². The molecule has 37 heavy (non-hydrogen) atoms. The molecule has 0 fully saturated rings. The zero-order chi connectivity index (χ0) is 27.8. The number of rotatable bonds is 14. The fourth-order valence-electron chi connectivity index (χ4n) is 4.90. The van der Waals surface area contributed by atoms with E-state index in [1.165, 1.54) is 13.2 Å². The summed E-state index contributed by atoms with van der Waals surface area (Å²) in [6.07, 6.45) is 2.03. The number of carboxylic acids is 1. The minimum Gasteiger partial charge on any atom is -0.493 e. The third kappa shape index (κ3) is 6.47. The highest BCUT2D eigenvalue weighted by molar-refractivity contribution is 5.91. The van der Waals surface area contributed by atoms with Gasteiger partial charge in [-0.05, 0) is 80.6 Å². The van der Waals surface area contributed by atoms with Gasteiger partial charge in [0.25, 0.3) is 0 Å². The Morgan fingerprint density at radius 1 is 1.03 bits per heavy atom. The van der Waals surface area contributed by atoms with Gasteiger partial charge in [0.1, 0.15) is 0 Å². The number of benzene rings is 2. The molecule has 0 saturated carbocycles. The van der Waals surface area contributed by atoms with Gasteiger partial charge in [-0.25, -0.2) is 4.79 Å². The number of nitriles is 1. The van der Waals surface area contributed by atoms with E-state index in [0.29, 0.717) is 42.4 Å². The lowest BCUT2D eigenvalue weighted by atomic mass is 9.69. The molecular weight excluding hydrogens is 472 g/mol. The Kier molecular flexibility index (Phi) is 10.6. The van der Waals surface area contributed by atoms with Crippen LogP contribution in [0.5, 0.6) is 23.0 Å². The molecule has 2 aromatic rings. The summed E-state index contributed by atoms with van der Waals surface area (Å²) < 4.78 is 21.7. The first-order chi connectivity index (χ1) is 17.6. The highest BCUT2D eigenvalue weighted by Gasteiger charge is 2.36. The van der Waals surface area contributed by atoms with Crippen LogP contribution in [0.1, 0.15) is 53.7 Å². The van der Waals surface area contributed by atoms with Gasteiger partial charge in [-0.1, -0.05) is 19.9 Å². The molecule has 0 saturated heterocycles. The lowest BCUT2D eigenvalue weighted by molar-refractivity contribution is 0.0695. The largest absolute Gasteiger partial charge is 0.493 e. The van der Waals surface area contributed by atoms with Gasteiger partial charge in [0.15, 0.2) is 23.0 Å². The SMILES string of the molecule is COc1ccc(C(C#N)(CCCN(C)CCc2c(C(=O)O)cc(OC)c(OC)c2C)C(C)C)cc1OC. The van der Waals surface area contributed by atoms with Crippen LogP contribution in [0.3, 0.4) is 0 Å². The number of aromatic carboxylic acids is 1. The number of carbonyl (C=O) groups is 1. The zero-order valence-electron chi connectivity index (χ0n) is 23.3. The summed E-state index contributed by atoms with van der Waals surface area (Å²) in [4.78, 5) is 14.1. The minimum absolute atomic E-state index is 0.0912. The molecule has 0 aliphatic carbocycles. The van der Waals surface area contributed by atoms with Crippen LogP contribution < -0.4 is 18.9 Å². The summed E-state index contributed by atoms with van der Waals surface area (Å²) in [7, 11) is 8.25. The predicted octanol–water partition coefficient (Wildman–Crippen LogP) is 5.10. The second kappa shape index (κ2) is 13.2. The molecule has 8 heteroatoms. The highest BCUT2D eigenvalue weighted by Crippen LogP contribution is 2.40. The minimum atomic E-state index is -0.993. The number of hydrogen-bond donors (Lipinski definition) is 1. The van der Waals surface area contributed by atoms with Crippen molar-refractivity contribution in [3.05, 3.63) is 46.5 Å². The van der Waals surface area contributed by atoms with Crippen LogP contribution in [0.2, 0.25) is 0 Å². The maximum atomic E-state index is 11.9. The summed E-state index contributed by atoms with van der Waals surface area (Å²) in [5.41, 5.74) is 1.97. The van der Waals surface area contributed by atoms with Crippen molar-refractivity contribution in [2.75, 3.05) is 48.6 Å². The average molecular weight is 513 g/mol. The van der Waals surface area contributed by atoms with Crippen LogP contribution in [0.4, 0.5) is 0 Å². The summed E-state index contributed by atoms with van der Waals surface area (Å²) in [6, 6.07) is 9.82. The van der Waals surface area contributed by atoms with Gasteiger partial charge >= 0.3 is 5.97 Å². The zero-order valence-corrected chi connectivity index (χ0v) is 23.3. The van der Waals surface area contributed by atoms with E-state index in [1.807, 2.05) is 32.2 Å². The smallest absolute Gasteiger partial charge is 0.336 e.